The molecule has 0 amide bonds. The zero-order valence-electron chi connectivity index (χ0n) is 9.29. The van der Waals surface area contributed by atoms with Crippen molar-refractivity contribution >= 4 is 5.95 Å². The first kappa shape index (κ1) is 11.7. The molecule has 0 atom stereocenters. The number of aromatic nitrogens is 2. The Labute approximate surface area is 88.6 Å². The second kappa shape index (κ2) is 4.44. The van der Waals surface area contributed by atoms with Crippen LogP contribution in [0.5, 0.6) is 0 Å². The van der Waals surface area contributed by atoms with Crippen molar-refractivity contribution in [2.45, 2.75) is 20.8 Å². The number of nitrogens with one attached hydrogen (secondary N) is 2. The first-order valence-electron chi connectivity index (χ1n) is 4.86. The van der Waals surface area contributed by atoms with Crippen LogP contribution in [0.15, 0.2) is 10.9 Å². The van der Waals surface area contributed by atoms with Gasteiger partial charge in [-0.05, 0) is 6.92 Å². The van der Waals surface area contributed by atoms with Crippen LogP contribution in [0.3, 0.4) is 0 Å². The SMILES string of the molecule is Cc1cc(=O)[nH]c(NCC(C)(C)CO)n1. The van der Waals surface area contributed by atoms with E-state index in [1.165, 1.54) is 6.07 Å². The Bertz CT molecular complexity index is 384. The Balaban J connectivity index is 2.70. The zero-order valence-corrected chi connectivity index (χ0v) is 9.29. The van der Waals surface area contributed by atoms with Gasteiger partial charge < -0.3 is 10.4 Å². The van der Waals surface area contributed by atoms with Crippen LogP contribution in [0.1, 0.15) is 19.5 Å². The molecule has 0 bridgehead atoms. The van der Waals surface area contributed by atoms with Crippen molar-refractivity contribution in [1.82, 2.24) is 9.97 Å². The zero-order chi connectivity index (χ0) is 11.5. The Morgan fingerprint density at radius 2 is 2.27 bits per heavy atom. The molecule has 0 aliphatic carbocycles. The molecule has 1 rings (SSSR count). The normalized spacial score (nSPS) is 11.5. The van der Waals surface area contributed by atoms with Crippen LogP contribution < -0.4 is 10.9 Å². The Kier molecular flexibility index (Phi) is 3.47. The number of aryl methyl sites for hydroxylation is 1. The fraction of sp³-hybridized carbons (Fsp3) is 0.600. The van der Waals surface area contributed by atoms with Crippen molar-refractivity contribution in [1.29, 1.82) is 0 Å². The fourth-order valence-electron chi connectivity index (χ4n) is 1.04. The summed E-state index contributed by atoms with van der Waals surface area (Å²) < 4.78 is 0. The van der Waals surface area contributed by atoms with E-state index in [9.17, 15) is 4.79 Å². The lowest BCUT2D eigenvalue weighted by Crippen LogP contribution is -2.28. The molecule has 1 aromatic rings. The number of aliphatic hydroxyl groups excluding tert-OH is 1. The second-order valence-corrected chi connectivity index (χ2v) is 4.41. The summed E-state index contributed by atoms with van der Waals surface area (Å²) in [5.41, 5.74) is 0.261. The van der Waals surface area contributed by atoms with Gasteiger partial charge in [-0.1, -0.05) is 13.8 Å². The van der Waals surface area contributed by atoms with Crippen LogP contribution in [0.2, 0.25) is 0 Å². The van der Waals surface area contributed by atoms with Gasteiger partial charge in [0, 0.05) is 30.3 Å². The van der Waals surface area contributed by atoms with Gasteiger partial charge >= 0.3 is 0 Å². The monoisotopic (exact) mass is 211 g/mol. The molecule has 84 valence electrons. The molecule has 0 aromatic carbocycles. The molecule has 0 radical (unpaired) electrons. The second-order valence-electron chi connectivity index (χ2n) is 4.41. The largest absolute Gasteiger partial charge is 0.396 e. The highest BCUT2D eigenvalue weighted by Gasteiger charge is 2.16. The molecule has 5 nitrogen and oxygen atoms in total. The summed E-state index contributed by atoms with van der Waals surface area (Å²) in [6, 6.07) is 1.43. The topological polar surface area (TPSA) is 78.0 Å². The van der Waals surface area contributed by atoms with E-state index in [1.807, 2.05) is 13.8 Å². The molecule has 0 unspecified atom stereocenters. The van der Waals surface area contributed by atoms with Crippen LogP contribution in [0.4, 0.5) is 5.95 Å². The number of rotatable bonds is 4. The fourth-order valence-corrected chi connectivity index (χ4v) is 1.04. The number of anilines is 1. The predicted molar refractivity (Wildman–Crippen MR) is 59.0 cm³/mol. The van der Waals surface area contributed by atoms with Gasteiger partial charge in [-0.3, -0.25) is 9.78 Å². The van der Waals surface area contributed by atoms with E-state index >= 15 is 0 Å². The predicted octanol–water partition coefficient (Wildman–Crippen LogP) is 0.509. The van der Waals surface area contributed by atoms with Crippen LogP contribution in [0, 0.1) is 12.3 Å². The van der Waals surface area contributed by atoms with E-state index in [-0.39, 0.29) is 17.6 Å². The molecule has 0 spiro atoms. The average molecular weight is 211 g/mol. The Morgan fingerprint density at radius 3 is 2.80 bits per heavy atom. The molecule has 15 heavy (non-hydrogen) atoms. The van der Waals surface area contributed by atoms with Crippen molar-refractivity contribution in [2.24, 2.45) is 5.41 Å². The molecule has 0 aliphatic rings. The third-order valence-electron chi connectivity index (χ3n) is 2.03. The molecule has 3 N–H and O–H groups in total. The van der Waals surface area contributed by atoms with Gasteiger partial charge in [0.1, 0.15) is 0 Å². The molecular formula is C10H17N3O2. The Morgan fingerprint density at radius 1 is 1.60 bits per heavy atom. The number of hydrogen-bond donors (Lipinski definition) is 3. The average Bonchev–Trinajstić information content (AvgIpc) is 2.14. The molecular weight excluding hydrogens is 194 g/mol. The van der Waals surface area contributed by atoms with Gasteiger partial charge in [-0.25, -0.2) is 4.98 Å². The first-order chi connectivity index (χ1) is 6.93. The van der Waals surface area contributed by atoms with Crippen LogP contribution >= 0.6 is 0 Å². The summed E-state index contributed by atoms with van der Waals surface area (Å²) in [5, 5.41) is 12.0. The summed E-state index contributed by atoms with van der Waals surface area (Å²) in [6.07, 6.45) is 0. The minimum atomic E-state index is -0.234. The van der Waals surface area contributed by atoms with Crippen molar-refractivity contribution < 1.29 is 5.11 Å². The van der Waals surface area contributed by atoms with Gasteiger partial charge in [0.2, 0.25) is 5.95 Å². The van der Waals surface area contributed by atoms with Gasteiger partial charge in [0.05, 0.1) is 0 Å². The van der Waals surface area contributed by atoms with Crippen molar-refractivity contribution in [3.05, 3.63) is 22.1 Å². The molecule has 0 fully saturated rings. The summed E-state index contributed by atoms with van der Waals surface area (Å²) in [6.45, 7) is 6.24. The van der Waals surface area contributed by atoms with Crippen LogP contribution in [-0.2, 0) is 0 Å². The molecule has 0 saturated carbocycles. The van der Waals surface area contributed by atoms with Crippen molar-refractivity contribution in [2.75, 3.05) is 18.5 Å². The minimum Gasteiger partial charge on any atom is -0.396 e. The number of aliphatic hydroxyl groups is 1. The summed E-state index contributed by atoms with van der Waals surface area (Å²) >= 11 is 0. The maximum atomic E-state index is 11.1. The number of aromatic amines is 1. The number of nitrogens with zero attached hydrogens (tertiary/aromatic N) is 1. The first-order valence-corrected chi connectivity index (χ1v) is 4.86. The van der Waals surface area contributed by atoms with Gasteiger partial charge in [-0.15, -0.1) is 0 Å². The highest BCUT2D eigenvalue weighted by molar-refractivity contribution is 5.25. The Hall–Kier alpha value is -1.36. The lowest BCUT2D eigenvalue weighted by atomic mass is 9.95. The lowest BCUT2D eigenvalue weighted by molar-refractivity contribution is 0.170. The van der Waals surface area contributed by atoms with E-state index in [2.05, 4.69) is 15.3 Å². The van der Waals surface area contributed by atoms with Gasteiger partial charge in [0.25, 0.3) is 5.56 Å². The number of H-pyrrole nitrogens is 1. The third-order valence-corrected chi connectivity index (χ3v) is 2.03. The van der Waals surface area contributed by atoms with Gasteiger partial charge in [-0.2, -0.15) is 0 Å². The third kappa shape index (κ3) is 3.71. The maximum absolute atomic E-state index is 11.1. The molecule has 1 heterocycles. The highest BCUT2D eigenvalue weighted by Crippen LogP contribution is 2.13. The van der Waals surface area contributed by atoms with Crippen molar-refractivity contribution in [3.8, 4) is 0 Å². The minimum absolute atomic E-state index is 0.0794. The molecule has 0 saturated heterocycles. The van der Waals surface area contributed by atoms with E-state index in [0.29, 0.717) is 18.2 Å². The molecule has 1 aromatic heterocycles. The summed E-state index contributed by atoms with van der Waals surface area (Å²) in [4.78, 5) is 17.8. The molecule has 5 heteroatoms. The number of hydrogen-bond acceptors (Lipinski definition) is 4. The highest BCUT2D eigenvalue weighted by atomic mass is 16.3. The lowest BCUT2D eigenvalue weighted by Gasteiger charge is -2.21. The summed E-state index contributed by atoms with van der Waals surface area (Å²) in [5.74, 6) is 0.446. The molecule has 0 aliphatic heterocycles. The van der Waals surface area contributed by atoms with Crippen LogP contribution in [-0.4, -0.2) is 28.2 Å². The van der Waals surface area contributed by atoms with Crippen molar-refractivity contribution in [3.63, 3.8) is 0 Å². The maximum Gasteiger partial charge on any atom is 0.252 e. The van der Waals surface area contributed by atoms with E-state index in [0.717, 1.165) is 0 Å². The summed E-state index contributed by atoms with van der Waals surface area (Å²) in [7, 11) is 0. The standard InChI is InChI=1S/C10H17N3O2/c1-7-4-8(15)13-9(12-7)11-5-10(2,3)6-14/h4,14H,5-6H2,1-3H3,(H2,11,12,13,15). The smallest absolute Gasteiger partial charge is 0.252 e. The van der Waals surface area contributed by atoms with E-state index in [1.54, 1.807) is 6.92 Å². The van der Waals surface area contributed by atoms with Crippen LogP contribution in [0.25, 0.3) is 0 Å². The van der Waals surface area contributed by atoms with E-state index in [4.69, 9.17) is 5.11 Å². The quantitative estimate of drug-likeness (QED) is 0.678. The van der Waals surface area contributed by atoms with Gasteiger partial charge in [0.15, 0.2) is 0 Å². The van der Waals surface area contributed by atoms with E-state index < -0.39 is 0 Å².